The Balaban J connectivity index is 1.72. The smallest absolute Gasteiger partial charge is 0.242 e. The van der Waals surface area contributed by atoms with Crippen molar-refractivity contribution in [3.63, 3.8) is 0 Å². The quantitative estimate of drug-likeness (QED) is 0.387. The Morgan fingerprint density at radius 1 is 1.24 bits per heavy atom. The van der Waals surface area contributed by atoms with Gasteiger partial charge in [0.25, 0.3) is 0 Å². The molecule has 4 atom stereocenters. The van der Waals surface area contributed by atoms with Gasteiger partial charge in [0.1, 0.15) is 18.8 Å². The number of aliphatic hydroxyl groups is 1. The van der Waals surface area contributed by atoms with Crippen molar-refractivity contribution in [1.29, 1.82) is 5.26 Å². The fourth-order valence-electron chi connectivity index (χ4n) is 4.28. The standard InChI is InChI=1S/C25H30N2O7/c1-4-25(16-26,17-9-10-21(31-2)24(13-17)32-3)12-11-20(28)19(27(29)30)14-18-15-33-22-7-5-6-8-23(22)34-18/h5-10,13,18-20,28H,4,11-12,14-15H2,1-3H3. The third kappa shape index (κ3) is 5.34. The van der Waals surface area contributed by atoms with Crippen molar-refractivity contribution in [1.82, 2.24) is 0 Å². The molecule has 0 saturated carbocycles. The fraction of sp³-hybridized carbons (Fsp3) is 0.480. The molecule has 0 radical (unpaired) electrons. The van der Waals surface area contributed by atoms with Crippen LogP contribution >= 0.6 is 0 Å². The summed E-state index contributed by atoms with van der Waals surface area (Å²) in [7, 11) is 3.05. The van der Waals surface area contributed by atoms with Gasteiger partial charge < -0.3 is 24.1 Å². The van der Waals surface area contributed by atoms with Crippen molar-refractivity contribution >= 4 is 0 Å². The van der Waals surface area contributed by atoms with E-state index in [0.717, 1.165) is 0 Å². The largest absolute Gasteiger partial charge is 0.493 e. The van der Waals surface area contributed by atoms with E-state index in [-0.39, 0.29) is 25.9 Å². The highest BCUT2D eigenvalue weighted by atomic mass is 16.6. The number of rotatable bonds is 11. The van der Waals surface area contributed by atoms with Gasteiger partial charge in [0.15, 0.2) is 23.0 Å². The predicted octanol–water partition coefficient (Wildman–Crippen LogP) is 3.89. The van der Waals surface area contributed by atoms with Gasteiger partial charge in [0, 0.05) is 4.92 Å². The van der Waals surface area contributed by atoms with Gasteiger partial charge in [-0.25, -0.2) is 0 Å². The van der Waals surface area contributed by atoms with Gasteiger partial charge in [-0.15, -0.1) is 0 Å². The topological polar surface area (TPSA) is 124 Å². The SMILES string of the molecule is CCC(C#N)(CCC(O)C(CC1COc2ccccc2O1)[N+](=O)[O-])c1ccc(OC)c(OC)c1. The van der Waals surface area contributed by atoms with Crippen LogP contribution in [0.2, 0.25) is 0 Å². The molecule has 182 valence electrons. The van der Waals surface area contributed by atoms with Crippen LogP contribution in [0, 0.1) is 21.4 Å². The second-order valence-electron chi connectivity index (χ2n) is 8.31. The summed E-state index contributed by atoms with van der Waals surface area (Å²) in [5, 5.41) is 32.7. The molecule has 0 bridgehead atoms. The average Bonchev–Trinajstić information content (AvgIpc) is 2.87. The number of para-hydroxylation sites is 2. The van der Waals surface area contributed by atoms with Gasteiger partial charge in [0.05, 0.1) is 32.1 Å². The van der Waals surface area contributed by atoms with Gasteiger partial charge in [0.2, 0.25) is 6.04 Å². The summed E-state index contributed by atoms with van der Waals surface area (Å²) >= 11 is 0. The van der Waals surface area contributed by atoms with Crippen LogP contribution in [0.4, 0.5) is 0 Å². The van der Waals surface area contributed by atoms with Gasteiger partial charge >= 0.3 is 0 Å². The lowest BCUT2D eigenvalue weighted by atomic mass is 9.74. The van der Waals surface area contributed by atoms with Crippen LogP contribution in [0.3, 0.4) is 0 Å². The van der Waals surface area contributed by atoms with E-state index in [1.165, 1.54) is 14.2 Å². The molecule has 0 fully saturated rings. The van der Waals surface area contributed by atoms with Crippen molar-refractivity contribution in [3.8, 4) is 29.1 Å². The van der Waals surface area contributed by atoms with E-state index in [0.29, 0.717) is 35.0 Å². The third-order valence-electron chi connectivity index (χ3n) is 6.41. The molecule has 1 aliphatic rings. The molecule has 9 nitrogen and oxygen atoms in total. The maximum absolute atomic E-state index is 11.8. The normalized spacial score (nSPS) is 18.1. The molecule has 4 unspecified atom stereocenters. The zero-order chi connectivity index (χ0) is 24.7. The fourth-order valence-corrected chi connectivity index (χ4v) is 4.28. The van der Waals surface area contributed by atoms with Gasteiger partial charge in [-0.05, 0) is 49.1 Å². The highest BCUT2D eigenvalue weighted by Gasteiger charge is 2.38. The summed E-state index contributed by atoms with van der Waals surface area (Å²) in [4.78, 5) is 11.3. The Morgan fingerprint density at radius 3 is 2.56 bits per heavy atom. The second kappa shape index (κ2) is 11.1. The van der Waals surface area contributed by atoms with E-state index in [1.54, 1.807) is 36.4 Å². The Hall–Kier alpha value is -3.51. The number of nitro groups is 1. The minimum atomic E-state index is -1.25. The van der Waals surface area contributed by atoms with Crippen molar-refractivity contribution in [2.24, 2.45) is 0 Å². The number of hydrogen-bond acceptors (Lipinski definition) is 8. The number of aliphatic hydroxyl groups excluding tert-OH is 1. The molecule has 1 heterocycles. The molecule has 2 aromatic rings. The van der Waals surface area contributed by atoms with Crippen LogP contribution in [0.5, 0.6) is 23.0 Å². The number of nitriles is 1. The molecule has 3 rings (SSSR count). The average molecular weight is 471 g/mol. The molecular formula is C25H30N2O7. The predicted molar refractivity (Wildman–Crippen MR) is 124 cm³/mol. The number of ether oxygens (including phenoxy) is 4. The lowest BCUT2D eigenvalue weighted by molar-refractivity contribution is -0.537. The second-order valence-corrected chi connectivity index (χ2v) is 8.31. The Kier molecular flexibility index (Phi) is 8.18. The summed E-state index contributed by atoms with van der Waals surface area (Å²) in [5.41, 5.74) is -0.231. The minimum Gasteiger partial charge on any atom is -0.493 e. The summed E-state index contributed by atoms with van der Waals surface area (Å²) in [6.45, 7) is 2.04. The molecule has 0 aliphatic carbocycles. The maximum Gasteiger partial charge on any atom is 0.242 e. The zero-order valence-electron chi connectivity index (χ0n) is 19.6. The van der Waals surface area contributed by atoms with Crippen LogP contribution < -0.4 is 18.9 Å². The first-order valence-electron chi connectivity index (χ1n) is 11.2. The van der Waals surface area contributed by atoms with E-state index >= 15 is 0 Å². The molecule has 1 N–H and O–H groups in total. The summed E-state index contributed by atoms with van der Waals surface area (Å²) in [6.07, 6.45) is -1.04. The van der Waals surface area contributed by atoms with Gasteiger partial charge in [-0.1, -0.05) is 25.1 Å². The van der Waals surface area contributed by atoms with Crippen molar-refractivity contribution in [3.05, 3.63) is 58.1 Å². The van der Waals surface area contributed by atoms with E-state index < -0.39 is 28.6 Å². The third-order valence-corrected chi connectivity index (χ3v) is 6.41. The first-order chi connectivity index (χ1) is 16.4. The first-order valence-corrected chi connectivity index (χ1v) is 11.2. The molecule has 9 heteroatoms. The van der Waals surface area contributed by atoms with Crippen LogP contribution in [0.25, 0.3) is 0 Å². The van der Waals surface area contributed by atoms with Gasteiger partial charge in [-0.2, -0.15) is 5.26 Å². The number of benzene rings is 2. The number of fused-ring (bicyclic) bond motifs is 1. The minimum absolute atomic E-state index is 0.00939. The highest BCUT2D eigenvalue weighted by Crippen LogP contribution is 2.39. The van der Waals surface area contributed by atoms with Crippen molar-refractivity contribution < 1.29 is 29.0 Å². The lowest BCUT2D eigenvalue weighted by Gasteiger charge is -2.30. The highest BCUT2D eigenvalue weighted by molar-refractivity contribution is 5.47. The maximum atomic E-state index is 11.8. The van der Waals surface area contributed by atoms with Crippen LogP contribution in [-0.2, 0) is 5.41 Å². The van der Waals surface area contributed by atoms with Gasteiger partial charge in [-0.3, -0.25) is 10.1 Å². The molecule has 0 aromatic heterocycles. The van der Waals surface area contributed by atoms with E-state index in [2.05, 4.69) is 6.07 Å². The van der Waals surface area contributed by atoms with E-state index in [9.17, 15) is 20.5 Å². The lowest BCUT2D eigenvalue weighted by Crippen LogP contribution is -2.42. The monoisotopic (exact) mass is 470 g/mol. The molecule has 2 aromatic carbocycles. The summed E-state index contributed by atoms with van der Waals surface area (Å²) in [5.74, 6) is 2.15. The zero-order valence-corrected chi connectivity index (χ0v) is 19.6. The molecule has 0 saturated heterocycles. The molecule has 34 heavy (non-hydrogen) atoms. The number of methoxy groups -OCH3 is 2. The molecule has 0 spiro atoms. The Bertz CT molecular complexity index is 1040. The van der Waals surface area contributed by atoms with E-state index in [4.69, 9.17) is 18.9 Å². The molecule has 1 aliphatic heterocycles. The van der Waals surface area contributed by atoms with Crippen molar-refractivity contribution in [2.45, 2.75) is 56.3 Å². The summed E-state index contributed by atoms with van der Waals surface area (Å²) < 4.78 is 22.1. The molecular weight excluding hydrogens is 440 g/mol. The number of hydrogen-bond donors (Lipinski definition) is 1. The Morgan fingerprint density at radius 2 is 1.94 bits per heavy atom. The van der Waals surface area contributed by atoms with E-state index in [1.807, 2.05) is 13.0 Å². The van der Waals surface area contributed by atoms with Crippen LogP contribution in [0.1, 0.15) is 38.2 Å². The first kappa shape index (κ1) is 25.1. The van der Waals surface area contributed by atoms with Crippen LogP contribution in [-0.4, -0.2) is 49.1 Å². The molecule has 0 amide bonds. The number of nitrogens with zero attached hydrogens (tertiary/aromatic N) is 2. The Labute approximate surface area is 199 Å². The van der Waals surface area contributed by atoms with Crippen LogP contribution in [0.15, 0.2) is 42.5 Å². The van der Waals surface area contributed by atoms with Crippen molar-refractivity contribution in [2.75, 3.05) is 20.8 Å². The summed E-state index contributed by atoms with van der Waals surface area (Å²) in [6, 6.07) is 13.5.